The van der Waals surface area contributed by atoms with Gasteiger partial charge in [-0.25, -0.2) is 4.98 Å². The van der Waals surface area contributed by atoms with Crippen molar-refractivity contribution in [3.63, 3.8) is 0 Å². The fourth-order valence-corrected chi connectivity index (χ4v) is 5.70. The third-order valence-electron chi connectivity index (χ3n) is 5.73. The quantitative estimate of drug-likeness (QED) is 0.906. The van der Waals surface area contributed by atoms with Crippen molar-refractivity contribution >= 4 is 11.3 Å². The van der Waals surface area contributed by atoms with E-state index in [9.17, 15) is 5.11 Å². The topological polar surface area (TPSA) is 38.0 Å². The van der Waals surface area contributed by atoms with Gasteiger partial charge in [-0.05, 0) is 30.2 Å². The Morgan fingerprint density at radius 3 is 2.86 bits per heavy atom. The van der Waals surface area contributed by atoms with Crippen LogP contribution in [0.2, 0.25) is 0 Å². The molecule has 1 aliphatic carbocycles. The second-order valence-electron chi connectivity index (χ2n) is 7.45. The van der Waals surface area contributed by atoms with Gasteiger partial charge in [0.25, 0.3) is 0 Å². The van der Waals surface area contributed by atoms with Gasteiger partial charge in [0, 0.05) is 15.9 Å². The molecule has 0 aromatic carbocycles. The maximum Gasteiger partial charge on any atom is 0.0957 e. The Balaban J connectivity index is 1.71. The third-order valence-corrected chi connectivity index (χ3v) is 6.70. The van der Waals surface area contributed by atoms with Crippen LogP contribution in [-0.4, -0.2) is 20.8 Å². The largest absolute Gasteiger partial charge is 0.392 e. The highest BCUT2D eigenvalue weighted by molar-refractivity contribution is 7.10. The predicted molar refractivity (Wildman–Crippen MR) is 90.0 cm³/mol. The molecule has 0 bridgehead atoms. The lowest BCUT2D eigenvalue weighted by Gasteiger charge is -2.42. The van der Waals surface area contributed by atoms with E-state index in [4.69, 9.17) is 0 Å². The average molecular weight is 316 g/mol. The molecule has 3 heterocycles. The summed E-state index contributed by atoms with van der Waals surface area (Å²) in [6.07, 6.45) is 9.83. The third kappa shape index (κ3) is 2.00. The maximum absolute atomic E-state index is 11.2. The first-order chi connectivity index (χ1) is 10.6. The smallest absolute Gasteiger partial charge is 0.0957 e. The molecule has 4 heteroatoms. The van der Waals surface area contributed by atoms with Crippen molar-refractivity contribution in [3.8, 4) is 11.3 Å². The van der Waals surface area contributed by atoms with E-state index in [0.29, 0.717) is 5.92 Å². The Kier molecular flexibility index (Phi) is 3.42. The molecule has 2 atom stereocenters. The van der Waals surface area contributed by atoms with Gasteiger partial charge in [-0.15, -0.1) is 11.3 Å². The van der Waals surface area contributed by atoms with E-state index in [2.05, 4.69) is 34.8 Å². The van der Waals surface area contributed by atoms with Gasteiger partial charge in [0.2, 0.25) is 0 Å². The molecule has 3 nitrogen and oxygen atoms in total. The van der Waals surface area contributed by atoms with Crippen LogP contribution >= 0.6 is 11.3 Å². The summed E-state index contributed by atoms with van der Waals surface area (Å²) in [5.41, 5.74) is 2.31. The van der Waals surface area contributed by atoms with Crippen LogP contribution in [0.5, 0.6) is 0 Å². The molecule has 4 rings (SSSR count). The molecule has 118 valence electrons. The Morgan fingerprint density at radius 2 is 2.09 bits per heavy atom. The van der Waals surface area contributed by atoms with E-state index in [-0.39, 0.29) is 17.6 Å². The number of fused-ring (bicyclic) bond motifs is 3. The molecule has 0 radical (unpaired) electrons. The molecule has 1 fully saturated rings. The zero-order chi connectivity index (χ0) is 15.3. The molecule has 0 spiro atoms. The molecule has 0 saturated heterocycles. The standard InChI is InChI=1S/C18H24N2OS/c1-18(2,17(21)12-6-4-3-5-7-12)16-15-13(8-9-22-15)14-10-19-11-20(14)16/h8-12,16-17,21H,3-7H2,1-2H3/t16?,17-/m1/s1. The summed E-state index contributed by atoms with van der Waals surface area (Å²) in [7, 11) is 0. The Bertz CT molecular complexity index is 626. The second-order valence-corrected chi connectivity index (χ2v) is 8.40. The van der Waals surface area contributed by atoms with Crippen molar-refractivity contribution in [1.82, 2.24) is 9.55 Å². The highest BCUT2D eigenvalue weighted by Gasteiger charge is 2.46. The number of aliphatic hydroxyl groups is 1. The molecular formula is C18H24N2OS. The highest BCUT2D eigenvalue weighted by Crippen LogP contribution is 2.53. The molecule has 2 aromatic rings. The van der Waals surface area contributed by atoms with Crippen molar-refractivity contribution in [1.29, 1.82) is 0 Å². The minimum Gasteiger partial charge on any atom is -0.392 e. The molecular weight excluding hydrogens is 292 g/mol. The molecule has 1 saturated carbocycles. The average Bonchev–Trinajstić information content (AvgIpc) is 3.19. The summed E-state index contributed by atoms with van der Waals surface area (Å²) in [5.74, 6) is 0.444. The first kappa shape index (κ1) is 14.5. The van der Waals surface area contributed by atoms with Gasteiger partial charge in [0.15, 0.2) is 0 Å². The normalized spacial score (nSPS) is 23.3. The van der Waals surface area contributed by atoms with Crippen LogP contribution in [0.15, 0.2) is 24.0 Å². The van der Waals surface area contributed by atoms with Gasteiger partial charge in [-0.1, -0.05) is 33.1 Å². The lowest BCUT2D eigenvalue weighted by Crippen LogP contribution is -2.42. The summed E-state index contributed by atoms with van der Waals surface area (Å²) in [6, 6.07) is 2.40. The van der Waals surface area contributed by atoms with Gasteiger partial charge in [-0.2, -0.15) is 0 Å². The summed E-state index contributed by atoms with van der Waals surface area (Å²) < 4.78 is 2.27. The highest BCUT2D eigenvalue weighted by atomic mass is 32.1. The van der Waals surface area contributed by atoms with Crippen LogP contribution < -0.4 is 0 Å². The molecule has 1 aliphatic heterocycles. The number of hydrogen-bond donors (Lipinski definition) is 1. The van der Waals surface area contributed by atoms with Crippen molar-refractivity contribution in [3.05, 3.63) is 28.8 Å². The van der Waals surface area contributed by atoms with Gasteiger partial charge in [0.1, 0.15) is 0 Å². The van der Waals surface area contributed by atoms with Crippen LogP contribution in [0, 0.1) is 11.3 Å². The predicted octanol–water partition coefficient (Wildman–Crippen LogP) is 4.48. The lowest BCUT2D eigenvalue weighted by atomic mass is 9.70. The minimum absolute atomic E-state index is 0.187. The molecule has 2 aromatic heterocycles. The van der Waals surface area contributed by atoms with Crippen LogP contribution in [0.25, 0.3) is 11.3 Å². The van der Waals surface area contributed by atoms with Gasteiger partial charge < -0.3 is 9.67 Å². The Morgan fingerprint density at radius 1 is 1.32 bits per heavy atom. The number of rotatable bonds is 3. The van der Waals surface area contributed by atoms with Crippen LogP contribution in [0.3, 0.4) is 0 Å². The zero-order valence-corrected chi connectivity index (χ0v) is 14.1. The fourth-order valence-electron chi connectivity index (χ4n) is 4.51. The first-order valence-corrected chi connectivity index (χ1v) is 9.26. The van der Waals surface area contributed by atoms with Crippen LogP contribution in [-0.2, 0) is 0 Å². The van der Waals surface area contributed by atoms with Crippen molar-refractivity contribution < 1.29 is 5.11 Å². The SMILES string of the molecule is CC(C)(C1c2sccc2-c2cncn21)[C@H](O)C1CCCCC1. The monoisotopic (exact) mass is 316 g/mol. The Hall–Kier alpha value is -1.13. The summed E-state index contributed by atoms with van der Waals surface area (Å²) in [6.45, 7) is 4.46. The van der Waals surface area contributed by atoms with Crippen LogP contribution in [0.4, 0.5) is 0 Å². The first-order valence-electron chi connectivity index (χ1n) is 8.38. The van der Waals surface area contributed by atoms with E-state index >= 15 is 0 Å². The minimum atomic E-state index is -0.263. The van der Waals surface area contributed by atoms with E-state index < -0.39 is 0 Å². The number of hydrogen-bond acceptors (Lipinski definition) is 3. The van der Waals surface area contributed by atoms with Crippen LogP contribution in [0.1, 0.15) is 56.9 Å². The molecule has 2 aliphatic rings. The van der Waals surface area contributed by atoms with Crippen molar-refractivity contribution in [2.75, 3.05) is 0 Å². The molecule has 22 heavy (non-hydrogen) atoms. The number of nitrogens with zero attached hydrogens (tertiary/aromatic N) is 2. The Labute approximate surface area is 136 Å². The second kappa shape index (κ2) is 5.20. The van der Waals surface area contributed by atoms with E-state index in [1.165, 1.54) is 48.2 Å². The van der Waals surface area contributed by atoms with E-state index in [1.807, 2.05) is 23.9 Å². The molecule has 1 unspecified atom stereocenters. The van der Waals surface area contributed by atoms with E-state index in [0.717, 1.165) is 0 Å². The lowest BCUT2D eigenvalue weighted by molar-refractivity contribution is -0.0299. The van der Waals surface area contributed by atoms with Gasteiger partial charge >= 0.3 is 0 Å². The van der Waals surface area contributed by atoms with E-state index in [1.54, 1.807) is 0 Å². The van der Waals surface area contributed by atoms with Crippen molar-refractivity contribution in [2.24, 2.45) is 11.3 Å². The van der Waals surface area contributed by atoms with Gasteiger partial charge in [0.05, 0.1) is 30.4 Å². The zero-order valence-electron chi connectivity index (χ0n) is 13.3. The molecule has 0 amide bonds. The fraction of sp³-hybridized carbons (Fsp3) is 0.611. The van der Waals surface area contributed by atoms with Gasteiger partial charge in [-0.3, -0.25) is 0 Å². The number of imidazole rings is 1. The number of aliphatic hydroxyl groups excluding tert-OH is 1. The molecule has 1 N–H and O–H groups in total. The number of thiophene rings is 1. The summed E-state index contributed by atoms with van der Waals surface area (Å²) in [5, 5.41) is 13.3. The maximum atomic E-state index is 11.2. The number of aromatic nitrogens is 2. The van der Waals surface area contributed by atoms with Crippen molar-refractivity contribution in [2.45, 2.75) is 58.1 Å². The summed E-state index contributed by atoms with van der Waals surface area (Å²) >= 11 is 1.81. The summed E-state index contributed by atoms with van der Waals surface area (Å²) in [4.78, 5) is 5.73.